The van der Waals surface area contributed by atoms with E-state index in [1.807, 2.05) is 73.7 Å². The fraction of sp³-hybridized carbons (Fsp3) is 0.0833. The van der Waals surface area contributed by atoms with Gasteiger partial charge >= 0.3 is 0 Å². The third-order valence-electron chi connectivity index (χ3n) is 4.93. The SMILES string of the molecule is CCOc1ccc(-c2noc(-c3nn(-c4ccc(Br)cc4)c(=O)c4ccccc34)n2)cc1. The van der Waals surface area contributed by atoms with Crippen LogP contribution in [0.25, 0.3) is 39.4 Å². The highest BCUT2D eigenvalue weighted by molar-refractivity contribution is 9.10. The molecule has 5 aromatic rings. The first-order chi connectivity index (χ1) is 15.6. The van der Waals surface area contributed by atoms with Gasteiger partial charge < -0.3 is 9.26 Å². The van der Waals surface area contributed by atoms with Crippen LogP contribution in [0.2, 0.25) is 0 Å². The topological polar surface area (TPSA) is 83.0 Å². The van der Waals surface area contributed by atoms with Gasteiger partial charge in [-0.2, -0.15) is 14.8 Å². The largest absolute Gasteiger partial charge is 0.494 e. The van der Waals surface area contributed by atoms with Crippen LogP contribution in [-0.2, 0) is 0 Å². The number of ether oxygens (including phenoxy) is 1. The molecule has 32 heavy (non-hydrogen) atoms. The van der Waals surface area contributed by atoms with Gasteiger partial charge in [0.15, 0.2) is 5.69 Å². The normalized spacial score (nSPS) is 11.1. The van der Waals surface area contributed by atoms with Gasteiger partial charge in [-0.1, -0.05) is 39.3 Å². The Bertz CT molecular complexity index is 1460. The van der Waals surface area contributed by atoms with E-state index in [1.54, 1.807) is 6.07 Å². The molecule has 0 unspecified atom stereocenters. The molecule has 8 heteroatoms. The highest BCUT2D eigenvalue weighted by atomic mass is 79.9. The molecule has 0 spiro atoms. The zero-order valence-corrected chi connectivity index (χ0v) is 18.6. The summed E-state index contributed by atoms with van der Waals surface area (Å²) in [5, 5.41) is 9.87. The maximum atomic E-state index is 13.1. The summed E-state index contributed by atoms with van der Waals surface area (Å²) in [6, 6.07) is 22.1. The highest BCUT2D eigenvalue weighted by Crippen LogP contribution is 2.27. The van der Waals surface area contributed by atoms with Crippen LogP contribution in [0.15, 0.2) is 86.6 Å². The van der Waals surface area contributed by atoms with Crippen molar-refractivity contribution in [1.82, 2.24) is 19.9 Å². The molecule has 0 amide bonds. The molecule has 0 bridgehead atoms. The predicted octanol–water partition coefficient (Wildman–Crippen LogP) is 5.26. The van der Waals surface area contributed by atoms with Gasteiger partial charge in [0, 0.05) is 15.4 Å². The van der Waals surface area contributed by atoms with Gasteiger partial charge in [0.05, 0.1) is 17.7 Å². The van der Waals surface area contributed by atoms with Crippen LogP contribution in [0.5, 0.6) is 5.75 Å². The van der Waals surface area contributed by atoms with Crippen molar-refractivity contribution in [2.45, 2.75) is 6.92 Å². The molecule has 0 aliphatic rings. The molecule has 0 saturated heterocycles. The summed E-state index contributed by atoms with van der Waals surface area (Å²) in [6.45, 7) is 2.53. The Kier molecular flexibility index (Phi) is 5.28. The van der Waals surface area contributed by atoms with E-state index in [9.17, 15) is 4.79 Å². The molecule has 0 aliphatic carbocycles. The van der Waals surface area contributed by atoms with Crippen molar-refractivity contribution < 1.29 is 9.26 Å². The smallest absolute Gasteiger partial charge is 0.279 e. The second-order valence-corrected chi connectivity index (χ2v) is 7.88. The van der Waals surface area contributed by atoms with E-state index in [1.165, 1.54) is 4.68 Å². The van der Waals surface area contributed by atoms with Crippen molar-refractivity contribution in [2.75, 3.05) is 6.61 Å². The van der Waals surface area contributed by atoms with Crippen molar-refractivity contribution in [1.29, 1.82) is 0 Å². The summed E-state index contributed by atoms with van der Waals surface area (Å²) in [6.07, 6.45) is 0. The first kappa shape index (κ1) is 20.1. The Morgan fingerprint density at radius 3 is 2.41 bits per heavy atom. The lowest BCUT2D eigenvalue weighted by Crippen LogP contribution is -2.22. The molecule has 3 aromatic carbocycles. The Balaban J connectivity index is 1.63. The van der Waals surface area contributed by atoms with E-state index < -0.39 is 0 Å². The average Bonchev–Trinajstić information content (AvgIpc) is 3.31. The van der Waals surface area contributed by atoms with Crippen LogP contribution >= 0.6 is 15.9 Å². The van der Waals surface area contributed by atoms with Crippen molar-refractivity contribution >= 4 is 26.7 Å². The fourth-order valence-electron chi connectivity index (χ4n) is 3.41. The third-order valence-corrected chi connectivity index (χ3v) is 5.46. The summed E-state index contributed by atoms with van der Waals surface area (Å²) in [7, 11) is 0. The molecular weight excluding hydrogens is 472 g/mol. The van der Waals surface area contributed by atoms with E-state index in [4.69, 9.17) is 9.26 Å². The molecule has 5 rings (SSSR count). The van der Waals surface area contributed by atoms with Crippen LogP contribution in [0.1, 0.15) is 6.92 Å². The summed E-state index contributed by atoms with van der Waals surface area (Å²) in [5.41, 5.74) is 1.64. The van der Waals surface area contributed by atoms with E-state index >= 15 is 0 Å². The quantitative estimate of drug-likeness (QED) is 0.335. The average molecular weight is 489 g/mol. The predicted molar refractivity (Wildman–Crippen MR) is 125 cm³/mol. The van der Waals surface area contributed by atoms with Crippen LogP contribution in [0.4, 0.5) is 0 Å². The molecule has 2 heterocycles. The standard InChI is InChI=1S/C24H17BrN4O3/c1-2-31-18-13-7-15(8-14-18)22-26-23(32-28-22)21-19-5-3-4-6-20(19)24(30)29(27-21)17-11-9-16(25)10-12-17/h3-14H,2H2,1H3. The van der Waals surface area contributed by atoms with Crippen LogP contribution in [-0.4, -0.2) is 26.5 Å². The monoisotopic (exact) mass is 488 g/mol. The summed E-state index contributed by atoms with van der Waals surface area (Å²) < 4.78 is 13.3. The molecular formula is C24H17BrN4O3. The minimum atomic E-state index is -0.224. The van der Waals surface area contributed by atoms with E-state index in [2.05, 4.69) is 31.2 Å². The van der Waals surface area contributed by atoms with Crippen molar-refractivity contribution in [3.05, 3.63) is 87.6 Å². The number of benzene rings is 3. The number of hydrogen-bond acceptors (Lipinski definition) is 6. The number of rotatable bonds is 5. The maximum Gasteiger partial charge on any atom is 0.279 e. The van der Waals surface area contributed by atoms with E-state index in [-0.39, 0.29) is 11.4 Å². The molecule has 158 valence electrons. The van der Waals surface area contributed by atoms with Gasteiger partial charge in [-0.15, -0.1) is 0 Å². The lowest BCUT2D eigenvalue weighted by atomic mass is 10.1. The Morgan fingerprint density at radius 2 is 1.69 bits per heavy atom. The molecule has 2 aromatic heterocycles. The van der Waals surface area contributed by atoms with Gasteiger partial charge in [-0.05, 0) is 61.5 Å². The fourth-order valence-corrected chi connectivity index (χ4v) is 3.67. The van der Waals surface area contributed by atoms with E-state index in [0.29, 0.717) is 34.6 Å². The Labute approximate surface area is 191 Å². The van der Waals surface area contributed by atoms with Gasteiger partial charge in [-0.3, -0.25) is 4.79 Å². The van der Waals surface area contributed by atoms with Crippen LogP contribution < -0.4 is 10.3 Å². The highest BCUT2D eigenvalue weighted by Gasteiger charge is 2.19. The molecule has 0 N–H and O–H groups in total. The van der Waals surface area contributed by atoms with Crippen LogP contribution in [0, 0.1) is 0 Å². The molecule has 0 saturated carbocycles. The maximum absolute atomic E-state index is 13.1. The molecule has 0 fully saturated rings. The Hall–Kier alpha value is -3.78. The number of hydrogen-bond donors (Lipinski definition) is 0. The van der Waals surface area contributed by atoms with Crippen molar-refractivity contribution in [3.8, 4) is 34.4 Å². The minimum absolute atomic E-state index is 0.224. The summed E-state index contributed by atoms with van der Waals surface area (Å²) >= 11 is 3.42. The van der Waals surface area contributed by atoms with Gasteiger partial charge in [0.2, 0.25) is 5.82 Å². The molecule has 0 radical (unpaired) electrons. The van der Waals surface area contributed by atoms with Gasteiger partial charge in [-0.25, -0.2) is 0 Å². The number of halogens is 1. The second kappa shape index (κ2) is 8.39. The second-order valence-electron chi connectivity index (χ2n) is 6.97. The molecule has 0 atom stereocenters. The molecule has 0 aliphatic heterocycles. The third kappa shape index (κ3) is 3.69. The number of aromatic nitrogens is 4. The zero-order valence-electron chi connectivity index (χ0n) is 17.0. The summed E-state index contributed by atoms with van der Waals surface area (Å²) in [5.74, 6) is 1.43. The zero-order chi connectivity index (χ0) is 22.1. The number of nitrogens with zero attached hydrogens (tertiary/aromatic N) is 4. The first-order valence-corrected chi connectivity index (χ1v) is 10.8. The van der Waals surface area contributed by atoms with Gasteiger partial charge in [0.25, 0.3) is 11.4 Å². The lowest BCUT2D eigenvalue weighted by molar-refractivity contribution is 0.340. The molecule has 7 nitrogen and oxygen atoms in total. The van der Waals surface area contributed by atoms with Crippen molar-refractivity contribution in [3.63, 3.8) is 0 Å². The first-order valence-electron chi connectivity index (χ1n) is 9.99. The van der Waals surface area contributed by atoms with E-state index in [0.717, 1.165) is 15.8 Å². The van der Waals surface area contributed by atoms with Gasteiger partial charge in [0.1, 0.15) is 5.75 Å². The van der Waals surface area contributed by atoms with Crippen molar-refractivity contribution in [2.24, 2.45) is 0 Å². The summed E-state index contributed by atoms with van der Waals surface area (Å²) in [4.78, 5) is 17.7. The minimum Gasteiger partial charge on any atom is -0.494 e. The Morgan fingerprint density at radius 1 is 0.969 bits per heavy atom. The number of fused-ring (bicyclic) bond motifs is 1. The van der Waals surface area contributed by atoms with Crippen LogP contribution in [0.3, 0.4) is 0 Å². The lowest BCUT2D eigenvalue weighted by Gasteiger charge is -2.09.